The molecule has 0 aliphatic heterocycles. The predicted octanol–water partition coefficient (Wildman–Crippen LogP) is 1.81. The van der Waals surface area contributed by atoms with E-state index in [1.165, 1.54) is 12.8 Å². The minimum absolute atomic E-state index is 0.00422. The van der Waals surface area contributed by atoms with Crippen LogP contribution in [-0.2, 0) is 4.79 Å². The third-order valence-electron chi connectivity index (χ3n) is 3.60. The molecule has 0 spiro atoms. The summed E-state index contributed by atoms with van der Waals surface area (Å²) >= 11 is 0. The maximum atomic E-state index is 11.8. The minimum atomic E-state index is -0.705. The number of hydrogen-bond acceptors (Lipinski definition) is 2. The Bertz CT molecular complexity index is 218. The van der Waals surface area contributed by atoms with E-state index in [0.29, 0.717) is 12.5 Å². The Kier molecular flexibility index (Phi) is 4.14. The molecule has 0 aromatic rings. The van der Waals surface area contributed by atoms with E-state index < -0.39 is 5.54 Å². The Hall–Kier alpha value is -0.570. The number of nitrogens with two attached hydrogens (primary N) is 1. The van der Waals surface area contributed by atoms with E-state index in [0.717, 1.165) is 18.8 Å². The highest BCUT2D eigenvalue weighted by atomic mass is 16.2. The van der Waals surface area contributed by atoms with Crippen molar-refractivity contribution in [3.8, 4) is 0 Å². The lowest BCUT2D eigenvalue weighted by Gasteiger charge is -2.30. The van der Waals surface area contributed by atoms with Crippen molar-refractivity contribution in [1.82, 2.24) is 5.32 Å². The summed E-state index contributed by atoms with van der Waals surface area (Å²) in [5.74, 6) is 0.818. The number of rotatable bonds is 3. The summed E-state index contributed by atoms with van der Waals surface area (Å²) in [6, 6.07) is 0.350. The van der Waals surface area contributed by atoms with Gasteiger partial charge in [-0.1, -0.05) is 13.8 Å². The molecule has 0 saturated heterocycles. The largest absolute Gasteiger partial charge is 0.352 e. The van der Waals surface area contributed by atoms with E-state index >= 15 is 0 Å². The van der Waals surface area contributed by atoms with Crippen molar-refractivity contribution >= 4 is 5.91 Å². The van der Waals surface area contributed by atoms with E-state index in [4.69, 9.17) is 5.73 Å². The fourth-order valence-corrected chi connectivity index (χ4v) is 1.92. The van der Waals surface area contributed by atoms with Crippen LogP contribution < -0.4 is 11.1 Å². The molecule has 15 heavy (non-hydrogen) atoms. The van der Waals surface area contributed by atoms with Crippen molar-refractivity contribution in [2.24, 2.45) is 11.7 Å². The van der Waals surface area contributed by atoms with Crippen LogP contribution in [0.15, 0.2) is 0 Å². The maximum Gasteiger partial charge on any atom is 0.239 e. The monoisotopic (exact) mass is 212 g/mol. The van der Waals surface area contributed by atoms with E-state index in [9.17, 15) is 4.79 Å². The lowest BCUT2D eigenvalue weighted by Crippen LogP contribution is -2.54. The normalized spacial score (nSPS) is 30.7. The third kappa shape index (κ3) is 3.49. The van der Waals surface area contributed by atoms with Gasteiger partial charge in [-0.15, -0.1) is 0 Å². The van der Waals surface area contributed by atoms with Crippen LogP contribution in [0.4, 0.5) is 0 Å². The molecule has 1 saturated carbocycles. The highest BCUT2D eigenvalue weighted by Gasteiger charge is 2.29. The smallest absolute Gasteiger partial charge is 0.239 e. The second-order valence-corrected chi connectivity index (χ2v) is 5.20. The summed E-state index contributed by atoms with van der Waals surface area (Å²) in [4.78, 5) is 11.8. The molecule has 0 aromatic heterocycles. The Labute approximate surface area is 92.8 Å². The lowest BCUT2D eigenvalue weighted by molar-refractivity contribution is -0.126. The van der Waals surface area contributed by atoms with Gasteiger partial charge in [0.05, 0.1) is 5.54 Å². The van der Waals surface area contributed by atoms with Crippen LogP contribution in [0.1, 0.15) is 52.9 Å². The van der Waals surface area contributed by atoms with Crippen molar-refractivity contribution in [1.29, 1.82) is 0 Å². The SMILES string of the molecule is CCC(C)(N)C(=O)NC1CCC(C)CC1. The molecule has 3 N–H and O–H groups in total. The molecular weight excluding hydrogens is 188 g/mol. The molecule has 1 rings (SSSR count). The summed E-state index contributed by atoms with van der Waals surface area (Å²) in [6.07, 6.45) is 5.33. The molecule has 3 heteroatoms. The van der Waals surface area contributed by atoms with E-state index in [1.807, 2.05) is 6.92 Å². The molecule has 0 aromatic carbocycles. The first-order valence-electron chi connectivity index (χ1n) is 6.05. The average molecular weight is 212 g/mol. The number of carbonyl (C=O) groups excluding carboxylic acids is 1. The van der Waals surface area contributed by atoms with Crippen LogP contribution in [-0.4, -0.2) is 17.5 Å². The van der Waals surface area contributed by atoms with Crippen molar-refractivity contribution < 1.29 is 4.79 Å². The van der Waals surface area contributed by atoms with Gasteiger partial charge >= 0.3 is 0 Å². The topological polar surface area (TPSA) is 55.1 Å². The maximum absolute atomic E-state index is 11.8. The first-order valence-corrected chi connectivity index (χ1v) is 6.05. The molecule has 3 nitrogen and oxygen atoms in total. The van der Waals surface area contributed by atoms with Crippen molar-refractivity contribution in [2.75, 3.05) is 0 Å². The summed E-state index contributed by atoms with van der Waals surface area (Å²) in [6.45, 7) is 6.02. The number of hydrogen-bond donors (Lipinski definition) is 2. The zero-order valence-corrected chi connectivity index (χ0v) is 10.2. The van der Waals surface area contributed by atoms with Crippen molar-refractivity contribution in [2.45, 2.75) is 64.5 Å². The van der Waals surface area contributed by atoms with E-state index in [-0.39, 0.29) is 5.91 Å². The molecular formula is C12H24N2O. The van der Waals surface area contributed by atoms with Gasteiger partial charge in [0.15, 0.2) is 0 Å². The quantitative estimate of drug-likeness (QED) is 0.749. The standard InChI is InChI=1S/C12H24N2O/c1-4-12(3,13)11(15)14-10-7-5-9(2)6-8-10/h9-10H,4-8,13H2,1-3H3,(H,14,15). The fourth-order valence-electron chi connectivity index (χ4n) is 1.92. The fraction of sp³-hybridized carbons (Fsp3) is 0.917. The molecule has 1 aliphatic rings. The van der Waals surface area contributed by atoms with Gasteiger partial charge in [0.1, 0.15) is 0 Å². The van der Waals surface area contributed by atoms with Gasteiger partial charge in [-0.2, -0.15) is 0 Å². The molecule has 1 unspecified atom stereocenters. The zero-order valence-electron chi connectivity index (χ0n) is 10.2. The van der Waals surface area contributed by atoms with Gasteiger partial charge in [0, 0.05) is 6.04 Å². The first kappa shape index (κ1) is 12.5. The molecule has 1 amide bonds. The Balaban J connectivity index is 2.39. The lowest BCUT2D eigenvalue weighted by atomic mass is 9.87. The molecule has 88 valence electrons. The highest BCUT2D eigenvalue weighted by Crippen LogP contribution is 2.23. The highest BCUT2D eigenvalue weighted by molar-refractivity contribution is 5.85. The number of nitrogens with one attached hydrogen (secondary N) is 1. The van der Waals surface area contributed by atoms with Gasteiger partial charge in [-0.05, 0) is 44.9 Å². The van der Waals surface area contributed by atoms with Crippen molar-refractivity contribution in [3.05, 3.63) is 0 Å². The summed E-state index contributed by atoms with van der Waals surface area (Å²) < 4.78 is 0. The van der Waals surface area contributed by atoms with Gasteiger partial charge in [-0.25, -0.2) is 0 Å². The van der Waals surface area contributed by atoms with E-state index in [1.54, 1.807) is 6.92 Å². The van der Waals surface area contributed by atoms with Gasteiger partial charge in [0.2, 0.25) is 5.91 Å². The number of amides is 1. The Morgan fingerprint density at radius 3 is 2.40 bits per heavy atom. The number of carbonyl (C=O) groups is 1. The molecule has 0 radical (unpaired) electrons. The van der Waals surface area contributed by atoms with E-state index in [2.05, 4.69) is 12.2 Å². The van der Waals surface area contributed by atoms with Crippen LogP contribution in [0, 0.1) is 5.92 Å². The Morgan fingerprint density at radius 1 is 1.40 bits per heavy atom. The minimum Gasteiger partial charge on any atom is -0.352 e. The van der Waals surface area contributed by atoms with Crippen LogP contribution in [0.2, 0.25) is 0 Å². The van der Waals surface area contributed by atoms with Gasteiger partial charge < -0.3 is 11.1 Å². The Morgan fingerprint density at radius 2 is 1.93 bits per heavy atom. The summed E-state index contributed by atoms with van der Waals surface area (Å²) in [7, 11) is 0. The predicted molar refractivity (Wildman–Crippen MR) is 62.4 cm³/mol. The van der Waals surface area contributed by atoms with Gasteiger partial charge in [0.25, 0.3) is 0 Å². The summed E-state index contributed by atoms with van der Waals surface area (Å²) in [5.41, 5.74) is 5.19. The van der Waals surface area contributed by atoms with Crippen LogP contribution >= 0.6 is 0 Å². The van der Waals surface area contributed by atoms with Crippen LogP contribution in [0.25, 0.3) is 0 Å². The zero-order chi connectivity index (χ0) is 11.5. The molecule has 0 heterocycles. The van der Waals surface area contributed by atoms with Crippen LogP contribution in [0.3, 0.4) is 0 Å². The van der Waals surface area contributed by atoms with Gasteiger partial charge in [-0.3, -0.25) is 4.79 Å². The van der Waals surface area contributed by atoms with Crippen LogP contribution in [0.5, 0.6) is 0 Å². The third-order valence-corrected chi connectivity index (χ3v) is 3.60. The average Bonchev–Trinajstić information content (AvgIpc) is 2.21. The molecule has 1 atom stereocenters. The second kappa shape index (κ2) is 4.97. The second-order valence-electron chi connectivity index (χ2n) is 5.20. The molecule has 0 bridgehead atoms. The summed E-state index contributed by atoms with van der Waals surface area (Å²) in [5, 5.41) is 3.07. The molecule has 1 fully saturated rings. The van der Waals surface area contributed by atoms with Crippen molar-refractivity contribution in [3.63, 3.8) is 0 Å². The first-order chi connectivity index (χ1) is 6.95. The molecule has 1 aliphatic carbocycles.